The van der Waals surface area contributed by atoms with Crippen molar-refractivity contribution in [1.29, 1.82) is 0 Å². The molecular formula is C13H15Cl2N5O2S. The molecule has 7 nitrogen and oxygen atoms in total. The zero-order valence-corrected chi connectivity index (χ0v) is 14.4. The van der Waals surface area contributed by atoms with Gasteiger partial charge in [0.1, 0.15) is 17.0 Å². The van der Waals surface area contributed by atoms with Crippen molar-refractivity contribution in [2.75, 3.05) is 26.2 Å². The number of hydrogen-bond acceptors (Lipinski definition) is 5. The summed E-state index contributed by atoms with van der Waals surface area (Å²) in [5.41, 5.74) is 0. The van der Waals surface area contributed by atoms with Crippen LogP contribution in [0.15, 0.2) is 29.4 Å². The quantitative estimate of drug-likeness (QED) is 0.877. The van der Waals surface area contributed by atoms with E-state index in [4.69, 9.17) is 23.2 Å². The van der Waals surface area contributed by atoms with Gasteiger partial charge in [0.05, 0.1) is 11.6 Å². The summed E-state index contributed by atoms with van der Waals surface area (Å²) >= 11 is 11.9. The highest BCUT2D eigenvalue weighted by Crippen LogP contribution is 2.28. The van der Waals surface area contributed by atoms with Gasteiger partial charge in [0.2, 0.25) is 10.0 Å². The van der Waals surface area contributed by atoms with Crippen molar-refractivity contribution in [3.8, 4) is 0 Å². The molecule has 0 bridgehead atoms. The van der Waals surface area contributed by atoms with Gasteiger partial charge in [-0.05, 0) is 18.2 Å². The van der Waals surface area contributed by atoms with Crippen LogP contribution >= 0.6 is 23.2 Å². The number of hydrogen-bond donors (Lipinski definition) is 1. The van der Waals surface area contributed by atoms with Crippen LogP contribution in [0.25, 0.3) is 0 Å². The Morgan fingerprint density at radius 3 is 2.57 bits per heavy atom. The summed E-state index contributed by atoms with van der Waals surface area (Å²) in [7, 11) is -3.65. The topological polar surface area (TPSA) is 82.2 Å². The van der Waals surface area contributed by atoms with Gasteiger partial charge >= 0.3 is 0 Å². The Hall–Kier alpha value is -1.19. The van der Waals surface area contributed by atoms with Crippen LogP contribution in [-0.2, 0) is 16.6 Å². The summed E-state index contributed by atoms with van der Waals surface area (Å²) in [5, 5.41) is 7.13. The Balaban J connectivity index is 1.70. The van der Waals surface area contributed by atoms with Gasteiger partial charge in [-0.15, -0.1) is 0 Å². The molecule has 124 valence electrons. The zero-order valence-electron chi connectivity index (χ0n) is 12.1. The molecule has 1 fully saturated rings. The van der Waals surface area contributed by atoms with Gasteiger partial charge in [0, 0.05) is 31.2 Å². The van der Waals surface area contributed by atoms with E-state index in [2.05, 4.69) is 20.1 Å². The molecule has 1 N–H and O–H groups in total. The second-order valence-corrected chi connectivity index (χ2v) is 7.94. The maximum atomic E-state index is 12.7. The van der Waals surface area contributed by atoms with Gasteiger partial charge in [-0.3, -0.25) is 10.00 Å². The van der Waals surface area contributed by atoms with Crippen molar-refractivity contribution in [1.82, 2.24) is 24.4 Å². The molecule has 1 aromatic heterocycles. The number of halogens is 2. The van der Waals surface area contributed by atoms with E-state index in [1.807, 2.05) is 0 Å². The lowest BCUT2D eigenvalue weighted by atomic mass is 10.3. The molecule has 0 amide bonds. The van der Waals surface area contributed by atoms with E-state index in [0.29, 0.717) is 37.7 Å². The van der Waals surface area contributed by atoms with Gasteiger partial charge in [0.15, 0.2) is 0 Å². The van der Waals surface area contributed by atoms with Crippen molar-refractivity contribution in [2.45, 2.75) is 11.4 Å². The van der Waals surface area contributed by atoms with E-state index < -0.39 is 10.0 Å². The van der Waals surface area contributed by atoms with Gasteiger partial charge in [-0.1, -0.05) is 23.2 Å². The minimum atomic E-state index is -3.65. The van der Waals surface area contributed by atoms with Gasteiger partial charge < -0.3 is 0 Å². The van der Waals surface area contributed by atoms with Crippen LogP contribution in [0.5, 0.6) is 0 Å². The molecule has 10 heteroatoms. The first kappa shape index (κ1) is 16.7. The lowest BCUT2D eigenvalue weighted by molar-refractivity contribution is 0.178. The highest BCUT2D eigenvalue weighted by atomic mass is 35.5. The molecule has 0 aliphatic carbocycles. The highest BCUT2D eigenvalue weighted by Gasteiger charge is 2.30. The standard InChI is InChI=1S/C13H15Cl2N5O2S/c14-10-1-2-11(15)12(7-10)23(21,22)20-5-3-19(4-6-20)8-13-16-9-17-18-13/h1-2,7,9H,3-6,8H2,(H,16,17,18). The molecule has 1 saturated heterocycles. The summed E-state index contributed by atoms with van der Waals surface area (Å²) in [6.07, 6.45) is 1.46. The number of H-pyrrole nitrogens is 1. The van der Waals surface area contributed by atoms with Crippen LogP contribution in [0.1, 0.15) is 5.82 Å². The van der Waals surface area contributed by atoms with Gasteiger partial charge in [-0.25, -0.2) is 13.4 Å². The average molecular weight is 376 g/mol. The molecule has 3 rings (SSSR count). The Morgan fingerprint density at radius 1 is 1.17 bits per heavy atom. The van der Waals surface area contributed by atoms with E-state index in [-0.39, 0.29) is 9.92 Å². The van der Waals surface area contributed by atoms with E-state index in [9.17, 15) is 8.42 Å². The average Bonchev–Trinajstić information content (AvgIpc) is 3.03. The fourth-order valence-electron chi connectivity index (χ4n) is 2.46. The Labute approximate surface area is 144 Å². The Morgan fingerprint density at radius 2 is 1.91 bits per heavy atom. The van der Waals surface area contributed by atoms with E-state index in [1.54, 1.807) is 6.07 Å². The molecule has 1 aromatic carbocycles. The first-order valence-corrected chi connectivity index (χ1v) is 9.18. The summed E-state index contributed by atoms with van der Waals surface area (Å²) in [5.74, 6) is 0.763. The molecule has 23 heavy (non-hydrogen) atoms. The van der Waals surface area contributed by atoms with Crippen LogP contribution in [0.4, 0.5) is 0 Å². The number of aromatic amines is 1. The first-order valence-electron chi connectivity index (χ1n) is 6.98. The SMILES string of the molecule is O=S(=O)(c1cc(Cl)ccc1Cl)N1CCN(Cc2ncn[nH]2)CC1. The van der Waals surface area contributed by atoms with Crippen molar-refractivity contribution in [3.05, 3.63) is 40.4 Å². The van der Waals surface area contributed by atoms with Crippen LogP contribution < -0.4 is 0 Å². The number of aromatic nitrogens is 3. The molecule has 0 unspecified atom stereocenters. The monoisotopic (exact) mass is 375 g/mol. The second kappa shape index (κ2) is 6.74. The molecule has 2 aromatic rings. The smallest absolute Gasteiger partial charge is 0.244 e. The summed E-state index contributed by atoms with van der Waals surface area (Å²) < 4.78 is 26.9. The molecule has 2 heterocycles. The van der Waals surface area contributed by atoms with Crippen molar-refractivity contribution < 1.29 is 8.42 Å². The third-order valence-electron chi connectivity index (χ3n) is 3.68. The van der Waals surface area contributed by atoms with Crippen LogP contribution in [0.3, 0.4) is 0 Å². The third kappa shape index (κ3) is 3.67. The first-order chi connectivity index (χ1) is 11.0. The van der Waals surface area contributed by atoms with Crippen LogP contribution in [-0.4, -0.2) is 59.0 Å². The highest BCUT2D eigenvalue weighted by molar-refractivity contribution is 7.89. The lowest BCUT2D eigenvalue weighted by Gasteiger charge is -2.33. The normalized spacial score (nSPS) is 17.5. The van der Waals surface area contributed by atoms with Gasteiger partial charge in [-0.2, -0.15) is 9.40 Å². The summed E-state index contributed by atoms with van der Waals surface area (Å²) in [4.78, 5) is 6.24. The molecule has 0 radical (unpaired) electrons. The Bertz CT molecular complexity index is 774. The van der Waals surface area contributed by atoms with E-state index in [1.165, 1.54) is 22.8 Å². The van der Waals surface area contributed by atoms with Crippen molar-refractivity contribution in [2.24, 2.45) is 0 Å². The fourth-order valence-corrected chi connectivity index (χ4v) is 4.62. The number of piperazine rings is 1. The largest absolute Gasteiger partial charge is 0.293 e. The van der Waals surface area contributed by atoms with Crippen molar-refractivity contribution in [3.63, 3.8) is 0 Å². The summed E-state index contributed by atoms with van der Waals surface area (Å²) in [6.45, 7) is 2.61. The van der Waals surface area contributed by atoms with Crippen LogP contribution in [0, 0.1) is 0 Å². The molecule has 0 spiro atoms. The minimum absolute atomic E-state index is 0.0513. The lowest BCUT2D eigenvalue weighted by Crippen LogP contribution is -2.48. The number of nitrogens with one attached hydrogen (secondary N) is 1. The van der Waals surface area contributed by atoms with E-state index >= 15 is 0 Å². The number of benzene rings is 1. The maximum absolute atomic E-state index is 12.7. The van der Waals surface area contributed by atoms with Crippen LogP contribution in [0.2, 0.25) is 10.0 Å². The zero-order chi connectivity index (χ0) is 16.4. The predicted octanol–water partition coefficient (Wildman–Crippen LogP) is 1.62. The van der Waals surface area contributed by atoms with Crippen molar-refractivity contribution >= 4 is 33.2 Å². The maximum Gasteiger partial charge on any atom is 0.244 e. The summed E-state index contributed by atoms with van der Waals surface area (Å²) in [6, 6.07) is 4.45. The fraction of sp³-hybridized carbons (Fsp3) is 0.385. The predicted molar refractivity (Wildman–Crippen MR) is 86.9 cm³/mol. The molecule has 0 atom stereocenters. The molecular weight excluding hydrogens is 361 g/mol. The van der Waals surface area contributed by atoms with E-state index in [0.717, 1.165) is 5.82 Å². The minimum Gasteiger partial charge on any atom is -0.293 e. The molecule has 1 aliphatic rings. The third-order valence-corrected chi connectivity index (χ3v) is 6.30. The molecule has 1 aliphatic heterocycles. The Kier molecular flexibility index (Phi) is 4.88. The number of nitrogens with zero attached hydrogens (tertiary/aromatic N) is 4. The van der Waals surface area contributed by atoms with Gasteiger partial charge in [0.25, 0.3) is 0 Å². The number of rotatable bonds is 4. The number of sulfonamides is 1. The molecule has 0 saturated carbocycles. The second-order valence-electron chi connectivity index (χ2n) is 5.19.